The van der Waals surface area contributed by atoms with Crippen molar-refractivity contribution in [1.29, 1.82) is 0 Å². The number of aromatic carboxylic acids is 1. The molecule has 0 radical (unpaired) electrons. The second-order valence-corrected chi connectivity index (χ2v) is 6.69. The molecular weight excluding hydrogens is 354 g/mol. The Bertz CT molecular complexity index is 976. The molecule has 28 heavy (non-hydrogen) atoms. The van der Waals surface area contributed by atoms with Gasteiger partial charge in [-0.1, -0.05) is 24.3 Å². The van der Waals surface area contributed by atoms with Crippen molar-refractivity contribution in [2.24, 2.45) is 0 Å². The number of aromatic nitrogens is 1. The molecule has 3 N–H and O–H groups in total. The maximum absolute atomic E-state index is 11.4. The SMILES string of the molecule is O=C(O)c1ccncc1NCC1CCOc2cc(Nc3ccccc3)ccc21. The van der Waals surface area contributed by atoms with E-state index in [9.17, 15) is 9.90 Å². The van der Waals surface area contributed by atoms with E-state index >= 15 is 0 Å². The molecule has 1 aliphatic heterocycles. The van der Waals surface area contributed by atoms with E-state index in [1.54, 1.807) is 6.20 Å². The summed E-state index contributed by atoms with van der Waals surface area (Å²) in [6.07, 6.45) is 3.91. The summed E-state index contributed by atoms with van der Waals surface area (Å²) in [5.74, 6) is 0.133. The molecule has 4 rings (SSSR count). The average molecular weight is 375 g/mol. The van der Waals surface area contributed by atoms with E-state index in [0.29, 0.717) is 18.8 Å². The number of ether oxygens (including phenoxy) is 1. The van der Waals surface area contributed by atoms with Gasteiger partial charge in [0.25, 0.3) is 0 Å². The van der Waals surface area contributed by atoms with Crippen LogP contribution in [-0.4, -0.2) is 29.2 Å². The second-order valence-electron chi connectivity index (χ2n) is 6.69. The zero-order valence-electron chi connectivity index (χ0n) is 15.3. The minimum Gasteiger partial charge on any atom is -0.493 e. The van der Waals surface area contributed by atoms with Crippen molar-refractivity contribution in [3.05, 3.63) is 78.1 Å². The Morgan fingerprint density at radius 3 is 2.82 bits per heavy atom. The van der Waals surface area contributed by atoms with Crippen molar-refractivity contribution in [1.82, 2.24) is 4.98 Å². The minimum atomic E-state index is -0.964. The van der Waals surface area contributed by atoms with Gasteiger partial charge in [-0.2, -0.15) is 0 Å². The zero-order valence-corrected chi connectivity index (χ0v) is 15.3. The van der Waals surface area contributed by atoms with E-state index in [-0.39, 0.29) is 11.5 Å². The number of hydrogen-bond donors (Lipinski definition) is 3. The molecular formula is C22H21N3O3. The lowest BCUT2D eigenvalue weighted by Gasteiger charge is -2.27. The van der Waals surface area contributed by atoms with Crippen molar-refractivity contribution in [3.63, 3.8) is 0 Å². The number of rotatable bonds is 6. The quantitative estimate of drug-likeness (QED) is 0.588. The molecule has 0 spiro atoms. The molecule has 3 aromatic rings. The van der Waals surface area contributed by atoms with Crippen LogP contribution in [0.2, 0.25) is 0 Å². The first-order valence-electron chi connectivity index (χ1n) is 9.21. The van der Waals surface area contributed by atoms with E-state index in [4.69, 9.17) is 4.74 Å². The van der Waals surface area contributed by atoms with Gasteiger partial charge in [-0.25, -0.2) is 4.79 Å². The van der Waals surface area contributed by atoms with Crippen LogP contribution in [-0.2, 0) is 0 Å². The summed E-state index contributed by atoms with van der Waals surface area (Å²) >= 11 is 0. The van der Waals surface area contributed by atoms with Crippen LogP contribution in [0.3, 0.4) is 0 Å². The third-order valence-electron chi connectivity index (χ3n) is 4.83. The van der Waals surface area contributed by atoms with Crippen molar-refractivity contribution >= 4 is 23.0 Å². The molecule has 6 heteroatoms. The zero-order chi connectivity index (χ0) is 19.3. The van der Waals surface area contributed by atoms with Crippen LogP contribution >= 0.6 is 0 Å². The number of anilines is 3. The van der Waals surface area contributed by atoms with Gasteiger partial charge < -0.3 is 20.5 Å². The second kappa shape index (κ2) is 8.00. The van der Waals surface area contributed by atoms with Crippen molar-refractivity contribution in [2.75, 3.05) is 23.8 Å². The Morgan fingerprint density at radius 1 is 1.14 bits per heavy atom. The monoisotopic (exact) mass is 375 g/mol. The molecule has 0 aliphatic carbocycles. The maximum atomic E-state index is 11.4. The molecule has 0 saturated heterocycles. The minimum absolute atomic E-state index is 0.227. The van der Waals surface area contributed by atoms with E-state index < -0.39 is 5.97 Å². The Balaban J connectivity index is 1.49. The van der Waals surface area contributed by atoms with Crippen LogP contribution < -0.4 is 15.4 Å². The van der Waals surface area contributed by atoms with E-state index in [0.717, 1.165) is 29.1 Å². The Morgan fingerprint density at radius 2 is 2.00 bits per heavy atom. The summed E-state index contributed by atoms with van der Waals surface area (Å²) in [5, 5.41) is 15.9. The Kier molecular flexibility index (Phi) is 5.10. The normalized spacial score (nSPS) is 15.2. The molecule has 1 atom stereocenters. The third-order valence-corrected chi connectivity index (χ3v) is 4.83. The molecule has 0 amide bonds. The van der Waals surface area contributed by atoms with Gasteiger partial charge in [0.05, 0.1) is 24.1 Å². The highest BCUT2D eigenvalue weighted by molar-refractivity contribution is 5.93. The Hall–Kier alpha value is -3.54. The van der Waals surface area contributed by atoms with Gasteiger partial charge >= 0.3 is 5.97 Å². The third kappa shape index (κ3) is 3.91. The Labute approximate surface area is 163 Å². The number of hydrogen-bond acceptors (Lipinski definition) is 5. The lowest BCUT2D eigenvalue weighted by Crippen LogP contribution is -2.21. The summed E-state index contributed by atoms with van der Waals surface area (Å²) in [4.78, 5) is 15.4. The number of para-hydroxylation sites is 1. The van der Waals surface area contributed by atoms with Gasteiger partial charge in [0.2, 0.25) is 0 Å². The molecule has 6 nitrogen and oxygen atoms in total. The number of benzene rings is 2. The number of carbonyl (C=O) groups is 1. The van der Waals surface area contributed by atoms with Crippen molar-refractivity contribution in [2.45, 2.75) is 12.3 Å². The summed E-state index contributed by atoms with van der Waals surface area (Å²) < 4.78 is 5.87. The van der Waals surface area contributed by atoms with E-state index in [1.165, 1.54) is 12.3 Å². The molecule has 0 saturated carbocycles. The average Bonchev–Trinajstić information content (AvgIpc) is 2.73. The van der Waals surface area contributed by atoms with Gasteiger partial charge in [0.1, 0.15) is 5.75 Å². The fraction of sp³-hybridized carbons (Fsp3) is 0.182. The lowest BCUT2D eigenvalue weighted by atomic mass is 9.92. The molecule has 1 aliphatic rings. The van der Waals surface area contributed by atoms with Crippen LogP contribution in [0.25, 0.3) is 0 Å². The van der Waals surface area contributed by atoms with E-state index in [1.807, 2.05) is 42.5 Å². The molecule has 2 aromatic carbocycles. The predicted octanol–water partition coefficient (Wildman–Crippen LogP) is 4.50. The van der Waals surface area contributed by atoms with E-state index in [2.05, 4.69) is 21.7 Å². The van der Waals surface area contributed by atoms with Crippen LogP contribution in [0.1, 0.15) is 28.3 Å². The number of fused-ring (bicyclic) bond motifs is 1. The summed E-state index contributed by atoms with van der Waals surface area (Å²) in [7, 11) is 0. The summed E-state index contributed by atoms with van der Waals surface area (Å²) in [5.41, 5.74) is 3.88. The van der Waals surface area contributed by atoms with Crippen LogP contribution in [0.4, 0.5) is 17.1 Å². The number of carboxylic acids is 1. The first-order valence-corrected chi connectivity index (χ1v) is 9.21. The molecule has 0 fully saturated rings. The number of nitrogens with zero attached hydrogens (tertiary/aromatic N) is 1. The van der Waals surface area contributed by atoms with Crippen LogP contribution in [0.5, 0.6) is 5.75 Å². The van der Waals surface area contributed by atoms with Crippen LogP contribution in [0.15, 0.2) is 67.0 Å². The van der Waals surface area contributed by atoms with Crippen molar-refractivity contribution < 1.29 is 14.6 Å². The van der Waals surface area contributed by atoms with Gasteiger partial charge in [-0.15, -0.1) is 0 Å². The highest BCUT2D eigenvalue weighted by Gasteiger charge is 2.22. The highest BCUT2D eigenvalue weighted by atomic mass is 16.5. The highest BCUT2D eigenvalue weighted by Crippen LogP contribution is 2.36. The van der Waals surface area contributed by atoms with Gasteiger partial charge in [0, 0.05) is 36.1 Å². The smallest absolute Gasteiger partial charge is 0.337 e. The first kappa shape index (κ1) is 17.9. The molecule has 2 heterocycles. The molecule has 142 valence electrons. The lowest BCUT2D eigenvalue weighted by molar-refractivity contribution is 0.0697. The summed E-state index contributed by atoms with van der Waals surface area (Å²) in [6.45, 7) is 1.25. The molecule has 1 aromatic heterocycles. The largest absolute Gasteiger partial charge is 0.493 e. The maximum Gasteiger partial charge on any atom is 0.337 e. The topological polar surface area (TPSA) is 83.5 Å². The fourth-order valence-corrected chi connectivity index (χ4v) is 3.40. The van der Waals surface area contributed by atoms with Crippen molar-refractivity contribution in [3.8, 4) is 5.75 Å². The first-order chi connectivity index (χ1) is 13.7. The molecule has 1 unspecified atom stereocenters. The molecule has 0 bridgehead atoms. The number of pyridine rings is 1. The fourth-order valence-electron chi connectivity index (χ4n) is 3.40. The number of nitrogens with one attached hydrogen (secondary N) is 2. The van der Waals surface area contributed by atoms with Gasteiger partial charge in [0.15, 0.2) is 0 Å². The predicted molar refractivity (Wildman–Crippen MR) is 109 cm³/mol. The van der Waals surface area contributed by atoms with Crippen LogP contribution in [0, 0.1) is 0 Å². The van der Waals surface area contributed by atoms with Gasteiger partial charge in [-0.3, -0.25) is 4.98 Å². The summed E-state index contributed by atoms with van der Waals surface area (Å²) in [6, 6.07) is 17.6. The number of carboxylic acid groups (broad SMARTS) is 1. The van der Waals surface area contributed by atoms with Gasteiger partial charge in [-0.05, 0) is 36.2 Å². The standard InChI is InChI=1S/C22H21N3O3/c26-22(27)19-8-10-23-14-20(19)24-13-15-9-11-28-21-12-17(6-7-18(15)21)25-16-4-2-1-3-5-16/h1-8,10,12,14-15,24-25H,9,11,13H2,(H,26,27).